The van der Waals surface area contributed by atoms with Crippen molar-refractivity contribution < 1.29 is 14.4 Å². The van der Waals surface area contributed by atoms with Gasteiger partial charge in [0.2, 0.25) is 5.91 Å². The number of benzene rings is 1. The van der Waals surface area contributed by atoms with Gasteiger partial charge in [0.1, 0.15) is 12.1 Å². The average molecular weight is 392 g/mol. The molecule has 0 spiro atoms. The van der Waals surface area contributed by atoms with E-state index in [1.807, 2.05) is 19.1 Å². The molecule has 3 rings (SSSR count). The third-order valence-corrected chi connectivity index (χ3v) is 6.02. The molecule has 7 heteroatoms. The lowest BCUT2D eigenvalue weighted by molar-refractivity contribution is -0.136. The van der Waals surface area contributed by atoms with Crippen molar-refractivity contribution in [3.8, 4) is 0 Å². The highest BCUT2D eigenvalue weighted by Crippen LogP contribution is 2.36. The number of amides is 4. The van der Waals surface area contributed by atoms with Crippen molar-refractivity contribution in [3.05, 3.63) is 34.9 Å². The van der Waals surface area contributed by atoms with Crippen LogP contribution in [0.1, 0.15) is 57.6 Å². The summed E-state index contributed by atoms with van der Waals surface area (Å²) in [5, 5.41) is 6.30. The molecule has 0 aromatic heterocycles. The van der Waals surface area contributed by atoms with Crippen molar-refractivity contribution in [3.63, 3.8) is 0 Å². The van der Waals surface area contributed by atoms with Gasteiger partial charge in [0.15, 0.2) is 0 Å². The predicted molar refractivity (Wildman–Crippen MR) is 103 cm³/mol. The molecular weight excluding hydrogens is 366 g/mol. The maximum atomic E-state index is 12.9. The molecule has 0 radical (unpaired) electrons. The van der Waals surface area contributed by atoms with E-state index in [2.05, 4.69) is 10.6 Å². The standard InChI is InChI=1S/C20H26ClN3O3/c1-13(14-8-10-16(21)11-9-14)22-17(25)12-24-18(26)20(2,23-19(24)27)15-6-4-3-5-7-15/h8-11,13,15H,3-7,12H2,1-2H3,(H,22,25)(H,23,27)/t13-,20-/m0/s1. The maximum Gasteiger partial charge on any atom is 0.325 e. The Morgan fingerprint density at radius 1 is 1.26 bits per heavy atom. The largest absolute Gasteiger partial charge is 0.348 e. The van der Waals surface area contributed by atoms with Crippen LogP contribution in [0.25, 0.3) is 0 Å². The Hall–Kier alpha value is -2.08. The molecule has 1 saturated carbocycles. The van der Waals surface area contributed by atoms with Gasteiger partial charge >= 0.3 is 6.03 Å². The predicted octanol–water partition coefficient (Wildman–Crippen LogP) is 3.41. The molecule has 2 aliphatic rings. The fraction of sp³-hybridized carbons (Fsp3) is 0.550. The van der Waals surface area contributed by atoms with E-state index in [1.54, 1.807) is 19.1 Å². The molecule has 2 atom stereocenters. The normalized spacial score (nSPS) is 24.6. The summed E-state index contributed by atoms with van der Waals surface area (Å²) in [6.45, 7) is 3.36. The Bertz CT molecular complexity index is 730. The van der Waals surface area contributed by atoms with Crippen LogP contribution in [-0.2, 0) is 9.59 Å². The van der Waals surface area contributed by atoms with Crippen LogP contribution in [0.15, 0.2) is 24.3 Å². The number of rotatable bonds is 5. The molecule has 1 heterocycles. The summed E-state index contributed by atoms with van der Waals surface area (Å²) in [5.74, 6) is -0.536. The summed E-state index contributed by atoms with van der Waals surface area (Å²) >= 11 is 5.88. The number of carbonyl (C=O) groups is 3. The summed E-state index contributed by atoms with van der Waals surface area (Å²) in [4.78, 5) is 38.7. The number of urea groups is 1. The summed E-state index contributed by atoms with van der Waals surface area (Å²) in [5.41, 5.74) is -0.00320. The Kier molecular flexibility index (Phi) is 5.75. The smallest absolute Gasteiger partial charge is 0.325 e. The van der Waals surface area contributed by atoms with E-state index in [4.69, 9.17) is 11.6 Å². The third-order valence-electron chi connectivity index (χ3n) is 5.77. The molecule has 1 aliphatic heterocycles. The molecule has 6 nitrogen and oxygen atoms in total. The monoisotopic (exact) mass is 391 g/mol. The second-order valence-electron chi connectivity index (χ2n) is 7.70. The quantitative estimate of drug-likeness (QED) is 0.755. The first-order valence-corrected chi connectivity index (χ1v) is 9.88. The molecule has 27 heavy (non-hydrogen) atoms. The van der Waals surface area contributed by atoms with Gasteiger partial charge in [-0.1, -0.05) is 43.0 Å². The van der Waals surface area contributed by atoms with Crippen molar-refractivity contribution in [1.82, 2.24) is 15.5 Å². The molecule has 4 amide bonds. The SMILES string of the molecule is C[C@H](NC(=O)CN1C(=O)N[C@@](C)(C2CCCCC2)C1=O)c1ccc(Cl)cc1. The van der Waals surface area contributed by atoms with E-state index < -0.39 is 11.6 Å². The van der Waals surface area contributed by atoms with E-state index in [-0.39, 0.29) is 30.3 Å². The summed E-state index contributed by atoms with van der Waals surface area (Å²) < 4.78 is 0. The second kappa shape index (κ2) is 7.89. The van der Waals surface area contributed by atoms with Gasteiger partial charge in [-0.05, 0) is 50.3 Å². The van der Waals surface area contributed by atoms with Crippen LogP contribution >= 0.6 is 11.6 Å². The molecule has 0 unspecified atom stereocenters. The molecule has 2 fully saturated rings. The summed E-state index contributed by atoms with van der Waals surface area (Å²) in [6.07, 6.45) is 5.17. The van der Waals surface area contributed by atoms with Gasteiger partial charge in [0, 0.05) is 5.02 Å². The molecule has 1 saturated heterocycles. The zero-order chi connectivity index (χ0) is 19.6. The number of nitrogens with zero attached hydrogens (tertiary/aromatic N) is 1. The number of nitrogens with one attached hydrogen (secondary N) is 2. The van der Waals surface area contributed by atoms with Gasteiger partial charge in [0.25, 0.3) is 5.91 Å². The fourth-order valence-corrected chi connectivity index (χ4v) is 4.21. The van der Waals surface area contributed by atoms with Gasteiger partial charge in [-0.15, -0.1) is 0 Å². The highest BCUT2D eigenvalue weighted by atomic mass is 35.5. The highest BCUT2D eigenvalue weighted by molar-refractivity contribution is 6.30. The van der Waals surface area contributed by atoms with Crippen molar-refractivity contribution in [2.75, 3.05) is 6.54 Å². The van der Waals surface area contributed by atoms with E-state index >= 15 is 0 Å². The van der Waals surface area contributed by atoms with Crippen molar-refractivity contribution in [2.45, 2.75) is 57.5 Å². The Morgan fingerprint density at radius 3 is 2.52 bits per heavy atom. The van der Waals surface area contributed by atoms with E-state index in [0.29, 0.717) is 5.02 Å². The zero-order valence-corrected chi connectivity index (χ0v) is 16.5. The Morgan fingerprint density at radius 2 is 1.89 bits per heavy atom. The van der Waals surface area contributed by atoms with Gasteiger partial charge in [-0.25, -0.2) is 4.79 Å². The minimum atomic E-state index is -0.903. The first-order chi connectivity index (χ1) is 12.8. The maximum absolute atomic E-state index is 12.9. The van der Waals surface area contributed by atoms with Gasteiger partial charge < -0.3 is 10.6 Å². The van der Waals surface area contributed by atoms with Crippen molar-refractivity contribution in [1.29, 1.82) is 0 Å². The first kappa shape index (κ1) is 19.7. The van der Waals surface area contributed by atoms with E-state index in [0.717, 1.165) is 36.1 Å². The van der Waals surface area contributed by atoms with Crippen LogP contribution in [0.5, 0.6) is 0 Å². The molecule has 0 bridgehead atoms. The van der Waals surface area contributed by atoms with Crippen LogP contribution in [0, 0.1) is 5.92 Å². The molecule has 1 aliphatic carbocycles. The fourth-order valence-electron chi connectivity index (χ4n) is 4.08. The van der Waals surface area contributed by atoms with Gasteiger partial charge in [-0.3, -0.25) is 14.5 Å². The number of carbonyl (C=O) groups excluding carboxylic acids is 3. The molecule has 1 aromatic carbocycles. The third kappa shape index (κ3) is 4.10. The molecular formula is C20H26ClN3O3. The second-order valence-corrected chi connectivity index (χ2v) is 8.14. The summed E-state index contributed by atoms with van der Waals surface area (Å²) in [7, 11) is 0. The number of hydrogen-bond donors (Lipinski definition) is 2. The minimum Gasteiger partial charge on any atom is -0.348 e. The number of imide groups is 1. The molecule has 1 aromatic rings. The van der Waals surface area contributed by atoms with Gasteiger partial charge in [0.05, 0.1) is 6.04 Å². The first-order valence-electron chi connectivity index (χ1n) is 9.50. The van der Waals surface area contributed by atoms with Crippen LogP contribution in [-0.4, -0.2) is 34.8 Å². The number of halogens is 1. The summed E-state index contributed by atoms with van der Waals surface area (Å²) in [6, 6.07) is 6.45. The molecule has 146 valence electrons. The Balaban J connectivity index is 1.62. The average Bonchev–Trinajstić information content (AvgIpc) is 2.87. The zero-order valence-electron chi connectivity index (χ0n) is 15.8. The lowest BCUT2D eigenvalue weighted by Gasteiger charge is -2.34. The van der Waals surface area contributed by atoms with Crippen LogP contribution < -0.4 is 10.6 Å². The van der Waals surface area contributed by atoms with Gasteiger partial charge in [-0.2, -0.15) is 0 Å². The highest BCUT2D eigenvalue weighted by Gasteiger charge is 2.52. The van der Waals surface area contributed by atoms with Crippen LogP contribution in [0.4, 0.5) is 4.79 Å². The molecule has 2 N–H and O–H groups in total. The van der Waals surface area contributed by atoms with Crippen LogP contribution in [0.3, 0.4) is 0 Å². The van der Waals surface area contributed by atoms with E-state index in [9.17, 15) is 14.4 Å². The van der Waals surface area contributed by atoms with Crippen LogP contribution in [0.2, 0.25) is 5.02 Å². The van der Waals surface area contributed by atoms with Crippen molar-refractivity contribution >= 4 is 29.4 Å². The number of hydrogen-bond acceptors (Lipinski definition) is 3. The Labute approximate surface area is 164 Å². The van der Waals surface area contributed by atoms with E-state index in [1.165, 1.54) is 6.42 Å². The topological polar surface area (TPSA) is 78.5 Å². The minimum absolute atomic E-state index is 0.128. The van der Waals surface area contributed by atoms with Crippen molar-refractivity contribution in [2.24, 2.45) is 5.92 Å². The lowest BCUT2D eigenvalue weighted by atomic mass is 9.75. The lowest BCUT2D eigenvalue weighted by Crippen LogP contribution is -2.51.